The number of nitrogens with zero attached hydrogens (tertiary/aromatic N) is 2. The third-order valence-electron chi connectivity index (χ3n) is 3.08. The van der Waals surface area contributed by atoms with Gasteiger partial charge in [0.1, 0.15) is 5.75 Å². The Hall–Kier alpha value is -2.40. The number of halogens is 1. The Morgan fingerprint density at radius 1 is 1.35 bits per heavy atom. The van der Waals surface area contributed by atoms with Gasteiger partial charge < -0.3 is 4.74 Å². The predicted molar refractivity (Wildman–Crippen MR) is 96.9 cm³/mol. The van der Waals surface area contributed by atoms with E-state index in [4.69, 9.17) is 4.74 Å². The molecular weight excluding hydrogens is 407 g/mol. The molecule has 2 aromatic rings. The molecule has 2 rings (SSSR count). The van der Waals surface area contributed by atoms with Gasteiger partial charge in [-0.2, -0.15) is 5.26 Å². The molecule has 0 atom stereocenters. The number of nitro groups is 1. The molecule has 0 unspecified atom stereocenters. The van der Waals surface area contributed by atoms with E-state index in [1.54, 1.807) is 18.2 Å². The van der Waals surface area contributed by atoms with Crippen molar-refractivity contribution in [2.45, 2.75) is 6.92 Å². The predicted octanol–water partition coefficient (Wildman–Crippen LogP) is 4.66. The minimum Gasteiger partial charge on any atom is -0.493 e. The van der Waals surface area contributed by atoms with Crippen LogP contribution in [0.1, 0.15) is 18.1 Å². The third-order valence-corrected chi connectivity index (χ3v) is 3.92. The van der Waals surface area contributed by atoms with Crippen LogP contribution in [0, 0.1) is 25.0 Å². The molecular formula is C17H13IN2O3. The highest BCUT2D eigenvalue weighted by Crippen LogP contribution is 2.25. The Morgan fingerprint density at radius 2 is 2.04 bits per heavy atom. The maximum Gasteiger partial charge on any atom is 0.269 e. The van der Waals surface area contributed by atoms with Crippen molar-refractivity contribution in [1.82, 2.24) is 0 Å². The zero-order valence-corrected chi connectivity index (χ0v) is 14.5. The number of hydrogen-bond acceptors (Lipinski definition) is 4. The van der Waals surface area contributed by atoms with Gasteiger partial charge >= 0.3 is 0 Å². The Labute approximate surface area is 147 Å². The standard InChI is InChI=1S/C17H13IN2O3/c1-2-23-17-8-3-12(10-16(17)18)9-14(11-19)13-4-6-15(7-5-13)20(21)22/h3-10H,2H2,1H3/b14-9-. The molecule has 0 aromatic heterocycles. The molecule has 0 N–H and O–H groups in total. The monoisotopic (exact) mass is 420 g/mol. The highest BCUT2D eigenvalue weighted by atomic mass is 127. The quantitative estimate of drug-likeness (QED) is 0.232. The lowest BCUT2D eigenvalue weighted by Crippen LogP contribution is -1.94. The van der Waals surface area contributed by atoms with E-state index >= 15 is 0 Å². The minimum atomic E-state index is -0.464. The summed E-state index contributed by atoms with van der Waals surface area (Å²) in [5, 5.41) is 20.0. The molecule has 0 aliphatic carbocycles. The number of rotatable bonds is 5. The Balaban J connectivity index is 2.33. The van der Waals surface area contributed by atoms with E-state index in [0.29, 0.717) is 17.7 Å². The largest absolute Gasteiger partial charge is 0.493 e. The third kappa shape index (κ3) is 4.29. The second-order valence-electron chi connectivity index (χ2n) is 4.60. The van der Waals surface area contributed by atoms with Crippen LogP contribution < -0.4 is 4.74 Å². The van der Waals surface area contributed by atoms with Gasteiger partial charge in [0.15, 0.2) is 0 Å². The van der Waals surface area contributed by atoms with Gasteiger partial charge in [-0.25, -0.2) is 0 Å². The van der Waals surface area contributed by atoms with E-state index < -0.39 is 4.92 Å². The lowest BCUT2D eigenvalue weighted by Gasteiger charge is -2.06. The maximum atomic E-state index is 10.7. The van der Waals surface area contributed by atoms with Gasteiger partial charge in [0.2, 0.25) is 0 Å². The van der Waals surface area contributed by atoms with Crippen LogP contribution in [0.25, 0.3) is 11.6 Å². The van der Waals surface area contributed by atoms with Crippen LogP contribution >= 0.6 is 22.6 Å². The molecule has 0 aliphatic heterocycles. The first-order valence-electron chi connectivity index (χ1n) is 6.84. The molecule has 0 fully saturated rings. The maximum absolute atomic E-state index is 10.7. The lowest BCUT2D eigenvalue weighted by atomic mass is 10.0. The fourth-order valence-electron chi connectivity index (χ4n) is 1.99. The Morgan fingerprint density at radius 3 is 2.57 bits per heavy atom. The number of benzene rings is 2. The van der Waals surface area contributed by atoms with E-state index in [0.717, 1.165) is 14.9 Å². The van der Waals surface area contributed by atoms with Gasteiger partial charge in [0.25, 0.3) is 5.69 Å². The van der Waals surface area contributed by atoms with Crippen LogP contribution in [0.3, 0.4) is 0 Å². The highest BCUT2D eigenvalue weighted by Gasteiger charge is 2.07. The van der Waals surface area contributed by atoms with Gasteiger partial charge in [-0.05, 0) is 71.0 Å². The molecule has 23 heavy (non-hydrogen) atoms. The van der Waals surface area contributed by atoms with Crippen LogP contribution in [-0.4, -0.2) is 11.5 Å². The van der Waals surface area contributed by atoms with Crippen molar-refractivity contribution in [3.63, 3.8) is 0 Å². The Kier molecular flexibility index (Phi) is 5.71. The molecule has 0 saturated heterocycles. The smallest absolute Gasteiger partial charge is 0.269 e. The van der Waals surface area contributed by atoms with E-state index in [2.05, 4.69) is 28.7 Å². The van der Waals surface area contributed by atoms with E-state index in [9.17, 15) is 15.4 Å². The SMILES string of the molecule is CCOc1ccc(/C=C(/C#N)c2ccc([N+](=O)[O-])cc2)cc1I. The number of allylic oxidation sites excluding steroid dienone is 1. The van der Waals surface area contributed by atoms with Crippen molar-refractivity contribution in [1.29, 1.82) is 5.26 Å². The lowest BCUT2D eigenvalue weighted by molar-refractivity contribution is -0.384. The van der Waals surface area contributed by atoms with Crippen molar-refractivity contribution < 1.29 is 9.66 Å². The van der Waals surface area contributed by atoms with Gasteiger partial charge in [-0.1, -0.05) is 6.07 Å². The summed E-state index contributed by atoms with van der Waals surface area (Å²) in [6, 6.07) is 13.7. The van der Waals surface area contributed by atoms with Gasteiger partial charge in [0.05, 0.1) is 26.7 Å². The van der Waals surface area contributed by atoms with E-state index in [-0.39, 0.29) is 5.69 Å². The fraction of sp³-hybridized carbons (Fsp3) is 0.118. The average molecular weight is 420 g/mol. The van der Waals surface area contributed by atoms with E-state index in [1.807, 2.05) is 25.1 Å². The summed E-state index contributed by atoms with van der Waals surface area (Å²) < 4.78 is 6.44. The van der Waals surface area contributed by atoms with Crippen LogP contribution in [0.4, 0.5) is 5.69 Å². The van der Waals surface area contributed by atoms with E-state index in [1.165, 1.54) is 12.1 Å². The highest BCUT2D eigenvalue weighted by molar-refractivity contribution is 14.1. The summed E-state index contributed by atoms with van der Waals surface area (Å²) in [6.45, 7) is 2.52. The average Bonchev–Trinajstić information content (AvgIpc) is 2.55. The molecule has 2 aromatic carbocycles. The van der Waals surface area contributed by atoms with Gasteiger partial charge in [-0.15, -0.1) is 0 Å². The molecule has 0 aliphatic rings. The first-order valence-corrected chi connectivity index (χ1v) is 7.92. The van der Waals surface area contributed by atoms with Crippen molar-refractivity contribution in [3.8, 4) is 11.8 Å². The molecule has 0 spiro atoms. The molecule has 0 amide bonds. The van der Waals surface area contributed by atoms with Crippen molar-refractivity contribution in [3.05, 3.63) is 67.3 Å². The molecule has 5 nitrogen and oxygen atoms in total. The van der Waals surface area contributed by atoms with Crippen LogP contribution in [0.5, 0.6) is 5.75 Å². The zero-order valence-electron chi connectivity index (χ0n) is 12.3. The van der Waals surface area contributed by atoms with Crippen LogP contribution in [0.15, 0.2) is 42.5 Å². The first kappa shape index (κ1) is 17.0. The molecule has 0 saturated carbocycles. The molecule has 6 heteroatoms. The second kappa shape index (κ2) is 7.74. The number of hydrogen-bond donors (Lipinski definition) is 0. The summed E-state index contributed by atoms with van der Waals surface area (Å²) in [7, 11) is 0. The van der Waals surface area contributed by atoms with Crippen LogP contribution in [0.2, 0.25) is 0 Å². The summed E-state index contributed by atoms with van der Waals surface area (Å²) >= 11 is 2.18. The number of nitro benzene ring substituents is 1. The van der Waals surface area contributed by atoms with Crippen molar-refractivity contribution >= 4 is 39.9 Å². The molecule has 0 heterocycles. The number of nitriles is 1. The summed E-state index contributed by atoms with van der Waals surface area (Å²) in [5.41, 5.74) is 1.95. The summed E-state index contributed by atoms with van der Waals surface area (Å²) in [6.07, 6.45) is 1.75. The van der Waals surface area contributed by atoms with Crippen molar-refractivity contribution in [2.24, 2.45) is 0 Å². The molecule has 0 bridgehead atoms. The van der Waals surface area contributed by atoms with Crippen molar-refractivity contribution in [2.75, 3.05) is 6.61 Å². The normalized spacial score (nSPS) is 10.9. The first-order chi connectivity index (χ1) is 11.0. The van der Waals surface area contributed by atoms with Gasteiger partial charge in [0, 0.05) is 12.1 Å². The number of ether oxygens (including phenoxy) is 1. The number of non-ortho nitro benzene ring substituents is 1. The van der Waals surface area contributed by atoms with Gasteiger partial charge in [-0.3, -0.25) is 10.1 Å². The molecule has 0 radical (unpaired) electrons. The fourth-order valence-corrected chi connectivity index (χ4v) is 2.68. The minimum absolute atomic E-state index is 0.00153. The zero-order chi connectivity index (χ0) is 16.8. The molecule has 116 valence electrons. The summed E-state index contributed by atoms with van der Waals surface area (Å²) in [5.74, 6) is 0.805. The Bertz CT molecular complexity index is 792. The second-order valence-corrected chi connectivity index (χ2v) is 5.76. The van der Waals surface area contributed by atoms with Crippen LogP contribution in [-0.2, 0) is 0 Å². The summed E-state index contributed by atoms with van der Waals surface area (Å²) in [4.78, 5) is 10.2. The topological polar surface area (TPSA) is 76.2 Å².